The molecular formula is C40H45Cl2N5O5. The number of pyridine rings is 1. The maximum atomic E-state index is 12.1. The Bertz CT molecular complexity index is 2090. The largest absolute Gasteiger partial charge is 0.496 e. The first-order valence-electron chi connectivity index (χ1n) is 17.2. The molecule has 5 rings (SSSR count). The van der Waals surface area contributed by atoms with Gasteiger partial charge in [-0.2, -0.15) is 5.10 Å². The van der Waals surface area contributed by atoms with Crippen LogP contribution in [0.1, 0.15) is 69.8 Å². The Morgan fingerprint density at radius 1 is 1.06 bits per heavy atom. The topological polar surface area (TPSA) is 128 Å². The number of aromatic nitrogens is 3. The molecule has 0 bridgehead atoms. The van der Waals surface area contributed by atoms with E-state index in [9.17, 15) is 14.7 Å². The second-order valence-electron chi connectivity index (χ2n) is 13.2. The zero-order chi connectivity index (χ0) is 37.7. The summed E-state index contributed by atoms with van der Waals surface area (Å²) in [7, 11) is 3.43. The van der Waals surface area contributed by atoms with Crippen molar-refractivity contribution in [3.05, 3.63) is 97.9 Å². The summed E-state index contributed by atoms with van der Waals surface area (Å²) in [5.41, 5.74) is 8.69. The van der Waals surface area contributed by atoms with Gasteiger partial charge in [0.1, 0.15) is 11.5 Å². The number of aryl methyl sites for hydroxylation is 4. The van der Waals surface area contributed by atoms with E-state index in [0.717, 1.165) is 66.6 Å². The molecule has 0 aliphatic rings. The molecule has 0 spiro atoms. The minimum atomic E-state index is -1.13. The molecule has 3 aromatic carbocycles. The highest BCUT2D eigenvalue weighted by Crippen LogP contribution is 2.45. The Morgan fingerprint density at radius 2 is 1.79 bits per heavy atom. The lowest BCUT2D eigenvalue weighted by molar-refractivity contribution is -0.109. The number of hydrogen-bond donors (Lipinski definition) is 3. The third kappa shape index (κ3) is 8.29. The van der Waals surface area contributed by atoms with E-state index in [4.69, 9.17) is 37.8 Å². The van der Waals surface area contributed by atoms with Crippen LogP contribution in [0.3, 0.4) is 0 Å². The summed E-state index contributed by atoms with van der Waals surface area (Å²) >= 11 is 13.5. The molecule has 0 fully saturated rings. The van der Waals surface area contributed by atoms with Crippen LogP contribution >= 0.6 is 23.2 Å². The molecule has 0 aliphatic carbocycles. The summed E-state index contributed by atoms with van der Waals surface area (Å²) in [4.78, 5) is 28.0. The Hall–Kier alpha value is -4.80. The highest BCUT2D eigenvalue weighted by Gasteiger charge is 2.27. The fourth-order valence-electron chi connectivity index (χ4n) is 6.85. The number of methoxy groups -OCH3 is 1. The maximum Gasteiger partial charge on any atom is 0.354 e. The van der Waals surface area contributed by atoms with Gasteiger partial charge in [-0.3, -0.25) is 9.48 Å². The van der Waals surface area contributed by atoms with Gasteiger partial charge in [0.15, 0.2) is 5.69 Å². The summed E-state index contributed by atoms with van der Waals surface area (Å²) in [6, 6.07) is 15.0. The fraction of sp³-hybridized carbons (Fsp3) is 0.350. The quantitative estimate of drug-likeness (QED) is 0.0677. The number of aromatic carboxylic acids is 1. The molecule has 2 atom stereocenters. The average molecular weight is 747 g/mol. The molecule has 1 unspecified atom stereocenters. The van der Waals surface area contributed by atoms with Gasteiger partial charge in [0.25, 0.3) is 0 Å². The van der Waals surface area contributed by atoms with Crippen LogP contribution in [-0.4, -0.2) is 58.6 Å². The van der Waals surface area contributed by atoms with Crippen molar-refractivity contribution in [3.63, 3.8) is 0 Å². The number of ether oxygens (including phenoxy) is 2. The number of nitrogens with one attached hydrogen (secondary N) is 2. The molecule has 1 amide bonds. The van der Waals surface area contributed by atoms with Crippen molar-refractivity contribution < 1.29 is 24.2 Å². The van der Waals surface area contributed by atoms with Crippen LogP contribution in [0.15, 0.2) is 48.5 Å². The third-order valence-corrected chi connectivity index (χ3v) is 10.4. The molecule has 0 aliphatic heterocycles. The molecule has 52 heavy (non-hydrogen) atoms. The number of carboxylic acid groups (broad SMARTS) is 1. The number of halogens is 2. The van der Waals surface area contributed by atoms with E-state index in [1.54, 1.807) is 0 Å². The molecule has 0 saturated heterocycles. The Balaban J connectivity index is 1.64. The number of fused-ring (bicyclic) bond motifs is 1. The standard InChI is InChI=1S/C40H45Cl2N5O5/c1-22-16-29(17-23(2)37(22)42)52-15-9-11-27(18-28-10-8-12-31-34(51-7)19-33(40(49)50)45-38(28)31)30-13-14-32(41)36(35-25(4)46-47(6)26(35)5)39(30)44-24(3)20-43-21-48/h8,10,12-14,16-17,19,21,24,27,44H,9,11,15,18,20H2,1-7H3,(H,43,48)(H,49,50)/t24-,27?/m1/s1. The van der Waals surface area contributed by atoms with Gasteiger partial charge in [-0.15, -0.1) is 0 Å². The number of amides is 1. The lowest BCUT2D eigenvalue weighted by Gasteiger charge is -2.27. The fourth-order valence-corrected chi connectivity index (χ4v) is 7.21. The van der Waals surface area contributed by atoms with E-state index in [2.05, 4.69) is 15.6 Å². The molecule has 0 saturated carbocycles. The first-order valence-corrected chi connectivity index (χ1v) is 18.0. The summed E-state index contributed by atoms with van der Waals surface area (Å²) in [5.74, 6) is -0.0351. The second kappa shape index (κ2) is 16.7. The number of nitrogens with zero attached hydrogens (tertiary/aromatic N) is 3. The van der Waals surface area contributed by atoms with Crippen molar-refractivity contribution >= 4 is 52.2 Å². The number of carbonyl (C=O) groups is 2. The van der Waals surface area contributed by atoms with Gasteiger partial charge < -0.3 is 25.2 Å². The van der Waals surface area contributed by atoms with Crippen molar-refractivity contribution in [2.75, 3.05) is 25.6 Å². The van der Waals surface area contributed by atoms with Crippen LogP contribution in [0.4, 0.5) is 5.69 Å². The lowest BCUT2D eigenvalue weighted by atomic mass is 9.84. The lowest BCUT2D eigenvalue weighted by Crippen LogP contribution is -2.30. The van der Waals surface area contributed by atoms with Gasteiger partial charge in [0.2, 0.25) is 6.41 Å². The minimum Gasteiger partial charge on any atom is -0.496 e. The summed E-state index contributed by atoms with van der Waals surface area (Å²) in [6.45, 7) is 10.8. The molecular weight excluding hydrogens is 701 g/mol. The highest BCUT2D eigenvalue weighted by atomic mass is 35.5. The van der Waals surface area contributed by atoms with Crippen molar-refractivity contribution in [3.8, 4) is 22.6 Å². The number of rotatable bonds is 16. The van der Waals surface area contributed by atoms with E-state index in [0.29, 0.717) is 55.1 Å². The average Bonchev–Trinajstić information content (AvgIpc) is 3.36. The van der Waals surface area contributed by atoms with Crippen molar-refractivity contribution in [2.24, 2.45) is 7.05 Å². The van der Waals surface area contributed by atoms with Crippen LogP contribution in [0.2, 0.25) is 10.0 Å². The van der Waals surface area contributed by atoms with E-state index in [1.807, 2.05) is 88.8 Å². The summed E-state index contributed by atoms with van der Waals surface area (Å²) in [6.07, 6.45) is 2.63. The van der Waals surface area contributed by atoms with Gasteiger partial charge in [0.05, 0.1) is 29.9 Å². The molecule has 2 aromatic heterocycles. The summed E-state index contributed by atoms with van der Waals surface area (Å²) < 4.78 is 13.7. The number of anilines is 1. The van der Waals surface area contributed by atoms with E-state index < -0.39 is 5.97 Å². The normalized spacial score (nSPS) is 12.4. The van der Waals surface area contributed by atoms with Gasteiger partial charge in [-0.05, 0) is 106 Å². The van der Waals surface area contributed by atoms with Crippen LogP contribution in [-0.2, 0) is 18.3 Å². The molecule has 3 N–H and O–H groups in total. The van der Waals surface area contributed by atoms with Crippen LogP contribution in [0, 0.1) is 27.7 Å². The number of hydrogen-bond acceptors (Lipinski definition) is 7. The molecule has 0 radical (unpaired) electrons. The van der Waals surface area contributed by atoms with Crippen LogP contribution in [0.25, 0.3) is 22.0 Å². The molecule has 274 valence electrons. The molecule has 5 aromatic rings. The Labute approximate surface area is 314 Å². The maximum absolute atomic E-state index is 12.1. The zero-order valence-corrected chi connectivity index (χ0v) is 32.1. The van der Waals surface area contributed by atoms with E-state index in [-0.39, 0.29) is 17.7 Å². The first-order chi connectivity index (χ1) is 24.8. The smallest absolute Gasteiger partial charge is 0.354 e. The molecule has 2 heterocycles. The number of carbonyl (C=O) groups excluding carboxylic acids is 1. The molecule has 10 nitrogen and oxygen atoms in total. The predicted octanol–water partition coefficient (Wildman–Crippen LogP) is 8.61. The Morgan fingerprint density at radius 3 is 2.42 bits per heavy atom. The monoisotopic (exact) mass is 745 g/mol. The van der Waals surface area contributed by atoms with Gasteiger partial charge >= 0.3 is 5.97 Å². The highest BCUT2D eigenvalue weighted by molar-refractivity contribution is 6.34. The van der Waals surface area contributed by atoms with Gasteiger partial charge in [-0.1, -0.05) is 41.4 Å². The SMILES string of the molecule is COc1cc(C(=O)O)nc2c(CC(CCCOc3cc(C)c(Cl)c(C)c3)c3ccc(Cl)c(-c4c(C)nn(C)c4C)c3N[C@H](C)CNC=O)cccc12. The second-order valence-corrected chi connectivity index (χ2v) is 14.0. The van der Waals surface area contributed by atoms with E-state index >= 15 is 0 Å². The van der Waals surface area contributed by atoms with E-state index in [1.165, 1.54) is 13.2 Å². The van der Waals surface area contributed by atoms with Crippen LogP contribution < -0.4 is 20.1 Å². The first kappa shape index (κ1) is 38.4. The third-order valence-electron chi connectivity index (χ3n) is 9.45. The van der Waals surface area contributed by atoms with Crippen molar-refractivity contribution in [1.29, 1.82) is 0 Å². The number of benzene rings is 3. The zero-order valence-electron chi connectivity index (χ0n) is 30.6. The van der Waals surface area contributed by atoms with Crippen molar-refractivity contribution in [2.45, 2.75) is 65.8 Å². The van der Waals surface area contributed by atoms with Crippen molar-refractivity contribution in [1.82, 2.24) is 20.1 Å². The molecule has 12 heteroatoms. The summed E-state index contributed by atoms with van der Waals surface area (Å²) in [5, 5.41) is 23.1. The Kier molecular flexibility index (Phi) is 12.3. The van der Waals surface area contributed by atoms with Gasteiger partial charge in [0, 0.05) is 58.6 Å². The minimum absolute atomic E-state index is 0.0922. The number of para-hydroxylation sites is 1. The van der Waals surface area contributed by atoms with Gasteiger partial charge in [-0.25, -0.2) is 9.78 Å². The number of carboxylic acids is 1. The van der Waals surface area contributed by atoms with Crippen LogP contribution in [0.5, 0.6) is 11.5 Å². The predicted molar refractivity (Wildman–Crippen MR) is 208 cm³/mol.